The SMILES string of the molecule is Nc1cnn(Cc2ccc(OC(F)F)c(F)c2)n1. The number of hydrogen-bond donors (Lipinski definition) is 1. The third kappa shape index (κ3) is 2.90. The van der Waals surface area contributed by atoms with Crippen LogP contribution in [0.3, 0.4) is 0 Å². The van der Waals surface area contributed by atoms with Gasteiger partial charge < -0.3 is 10.5 Å². The Kier molecular flexibility index (Phi) is 3.35. The quantitative estimate of drug-likeness (QED) is 0.905. The molecule has 0 spiro atoms. The molecule has 1 aromatic carbocycles. The van der Waals surface area contributed by atoms with Crippen molar-refractivity contribution in [3.63, 3.8) is 0 Å². The summed E-state index contributed by atoms with van der Waals surface area (Å²) in [4.78, 5) is 1.26. The summed E-state index contributed by atoms with van der Waals surface area (Å²) < 4.78 is 41.2. The molecular formula is C10H9F3N4O. The summed E-state index contributed by atoms with van der Waals surface area (Å²) in [5.74, 6) is -1.12. The van der Waals surface area contributed by atoms with Gasteiger partial charge in [-0.3, -0.25) is 0 Å². The highest BCUT2D eigenvalue weighted by Crippen LogP contribution is 2.20. The molecule has 18 heavy (non-hydrogen) atoms. The van der Waals surface area contributed by atoms with Gasteiger partial charge in [-0.1, -0.05) is 6.07 Å². The zero-order chi connectivity index (χ0) is 13.1. The van der Waals surface area contributed by atoms with Crippen molar-refractivity contribution in [1.29, 1.82) is 0 Å². The summed E-state index contributed by atoms with van der Waals surface area (Å²) >= 11 is 0. The lowest BCUT2D eigenvalue weighted by atomic mass is 10.2. The lowest BCUT2D eigenvalue weighted by molar-refractivity contribution is -0.0522. The van der Waals surface area contributed by atoms with Gasteiger partial charge in [0, 0.05) is 0 Å². The molecule has 0 saturated carbocycles. The monoisotopic (exact) mass is 258 g/mol. The predicted octanol–water partition coefficient (Wildman–Crippen LogP) is 1.65. The molecule has 0 aliphatic carbocycles. The van der Waals surface area contributed by atoms with Gasteiger partial charge in [-0.15, -0.1) is 5.10 Å². The molecule has 0 fully saturated rings. The highest BCUT2D eigenvalue weighted by Gasteiger charge is 2.10. The Labute approximate surface area is 100.0 Å². The molecule has 1 aromatic heterocycles. The topological polar surface area (TPSA) is 66.0 Å². The number of halogens is 3. The van der Waals surface area contributed by atoms with E-state index >= 15 is 0 Å². The zero-order valence-electron chi connectivity index (χ0n) is 9.05. The lowest BCUT2D eigenvalue weighted by Gasteiger charge is -2.07. The third-order valence-electron chi connectivity index (χ3n) is 2.09. The number of aromatic nitrogens is 3. The molecule has 0 aliphatic heterocycles. The fourth-order valence-corrected chi connectivity index (χ4v) is 1.38. The summed E-state index contributed by atoms with van der Waals surface area (Å²) in [6.07, 6.45) is 1.35. The molecule has 2 aromatic rings. The Bertz CT molecular complexity index is 544. The van der Waals surface area contributed by atoms with E-state index in [4.69, 9.17) is 5.73 Å². The van der Waals surface area contributed by atoms with Crippen molar-refractivity contribution < 1.29 is 17.9 Å². The molecule has 0 atom stereocenters. The van der Waals surface area contributed by atoms with E-state index in [0.717, 1.165) is 12.1 Å². The van der Waals surface area contributed by atoms with Gasteiger partial charge in [0.1, 0.15) is 0 Å². The smallest absolute Gasteiger partial charge is 0.387 e. The summed E-state index contributed by atoms with van der Waals surface area (Å²) in [5.41, 5.74) is 5.87. The average Bonchev–Trinajstić information content (AvgIpc) is 2.68. The predicted molar refractivity (Wildman–Crippen MR) is 56.6 cm³/mol. The van der Waals surface area contributed by atoms with Gasteiger partial charge in [-0.05, 0) is 17.7 Å². The van der Waals surface area contributed by atoms with E-state index in [-0.39, 0.29) is 12.4 Å². The van der Waals surface area contributed by atoms with E-state index in [1.807, 2.05) is 0 Å². The number of rotatable bonds is 4. The molecule has 2 rings (SSSR count). The first kappa shape index (κ1) is 12.2. The molecule has 0 amide bonds. The van der Waals surface area contributed by atoms with Gasteiger partial charge >= 0.3 is 6.61 Å². The van der Waals surface area contributed by atoms with Crippen LogP contribution in [-0.2, 0) is 6.54 Å². The van der Waals surface area contributed by atoms with Crippen LogP contribution in [0.5, 0.6) is 5.75 Å². The molecular weight excluding hydrogens is 249 g/mol. The molecule has 0 aliphatic rings. The van der Waals surface area contributed by atoms with E-state index < -0.39 is 18.2 Å². The molecule has 1 heterocycles. The standard InChI is InChI=1S/C10H9F3N4O/c11-7-3-6(1-2-8(7)18-10(12)13)5-17-15-4-9(14)16-17/h1-4,10H,5H2,(H2,14,16). The van der Waals surface area contributed by atoms with Crippen molar-refractivity contribution in [1.82, 2.24) is 15.0 Å². The maximum atomic E-state index is 13.4. The number of hydrogen-bond acceptors (Lipinski definition) is 4. The first-order valence-corrected chi connectivity index (χ1v) is 4.93. The maximum absolute atomic E-state index is 13.4. The Morgan fingerprint density at radius 1 is 1.39 bits per heavy atom. The van der Waals surface area contributed by atoms with Crippen molar-refractivity contribution in [2.45, 2.75) is 13.2 Å². The van der Waals surface area contributed by atoms with Crippen molar-refractivity contribution in [3.05, 3.63) is 35.8 Å². The second kappa shape index (κ2) is 4.94. The molecule has 0 unspecified atom stereocenters. The van der Waals surface area contributed by atoms with Crippen LogP contribution >= 0.6 is 0 Å². The molecule has 8 heteroatoms. The molecule has 0 saturated heterocycles. The maximum Gasteiger partial charge on any atom is 0.387 e. The van der Waals surface area contributed by atoms with Crippen molar-refractivity contribution in [2.75, 3.05) is 5.73 Å². The number of benzene rings is 1. The van der Waals surface area contributed by atoms with Crippen molar-refractivity contribution in [3.8, 4) is 5.75 Å². The van der Waals surface area contributed by atoms with Gasteiger partial charge in [0.25, 0.3) is 0 Å². The van der Waals surface area contributed by atoms with Gasteiger partial charge in [0.15, 0.2) is 17.4 Å². The second-order valence-electron chi connectivity index (χ2n) is 3.44. The van der Waals surface area contributed by atoms with Gasteiger partial charge in [0.2, 0.25) is 0 Å². The van der Waals surface area contributed by atoms with Crippen LogP contribution in [0, 0.1) is 5.82 Å². The summed E-state index contributed by atoms with van der Waals surface area (Å²) in [6.45, 7) is -2.87. The molecule has 5 nitrogen and oxygen atoms in total. The molecule has 2 N–H and O–H groups in total. The highest BCUT2D eigenvalue weighted by atomic mass is 19.3. The lowest BCUT2D eigenvalue weighted by Crippen LogP contribution is -2.06. The number of nitrogen functional groups attached to an aromatic ring is 1. The first-order valence-electron chi connectivity index (χ1n) is 4.93. The zero-order valence-corrected chi connectivity index (χ0v) is 9.05. The minimum absolute atomic E-state index is 0.184. The van der Waals surface area contributed by atoms with Crippen LogP contribution in [0.1, 0.15) is 5.56 Å². The minimum atomic E-state index is -3.06. The van der Waals surface area contributed by atoms with Gasteiger partial charge in [0.05, 0.1) is 12.7 Å². The Morgan fingerprint density at radius 3 is 2.72 bits per heavy atom. The molecule has 96 valence electrons. The number of ether oxygens (including phenoxy) is 1. The fraction of sp³-hybridized carbons (Fsp3) is 0.200. The summed E-state index contributed by atoms with van der Waals surface area (Å²) in [5, 5.41) is 7.63. The van der Waals surface area contributed by atoms with E-state index in [0.29, 0.717) is 5.56 Å². The minimum Gasteiger partial charge on any atom is -0.432 e. The van der Waals surface area contributed by atoms with E-state index in [9.17, 15) is 13.2 Å². The van der Waals surface area contributed by atoms with Crippen LogP contribution in [0.2, 0.25) is 0 Å². The third-order valence-corrected chi connectivity index (χ3v) is 2.09. The Hall–Kier alpha value is -2.25. The van der Waals surface area contributed by atoms with Crippen LogP contribution in [-0.4, -0.2) is 21.6 Å². The van der Waals surface area contributed by atoms with Crippen molar-refractivity contribution in [2.24, 2.45) is 0 Å². The second-order valence-corrected chi connectivity index (χ2v) is 3.44. The van der Waals surface area contributed by atoms with E-state index in [2.05, 4.69) is 14.9 Å². The van der Waals surface area contributed by atoms with Crippen LogP contribution in [0.4, 0.5) is 19.0 Å². The normalized spacial score (nSPS) is 10.9. The fourth-order valence-electron chi connectivity index (χ4n) is 1.38. The first-order chi connectivity index (χ1) is 8.54. The van der Waals surface area contributed by atoms with Gasteiger partial charge in [-0.2, -0.15) is 18.7 Å². The molecule has 0 radical (unpaired) electrons. The van der Waals surface area contributed by atoms with E-state index in [1.54, 1.807) is 0 Å². The largest absolute Gasteiger partial charge is 0.432 e. The molecule has 0 bridgehead atoms. The van der Waals surface area contributed by atoms with Gasteiger partial charge in [-0.25, -0.2) is 4.39 Å². The Morgan fingerprint density at radius 2 is 2.17 bits per heavy atom. The number of anilines is 1. The van der Waals surface area contributed by atoms with Crippen LogP contribution in [0.25, 0.3) is 0 Å². The van der Waals surface area contributed by atoms with E-state index in [1.165, 1.54) is 17.1 Å². The van der Waals surface area contributed by atoms with Crippen LogP contribution in [0.15, 0.2) is 24.4 Å². The number of alkyl halides is 2. The van der Waals surface area contributed by atoms with Crippen molar-refractivity contribution >= 4 is 5.82 Å². The summed E-state index contributed by atoms with van der Waals surface area (Å²) in [7, 11) is 0. The number of nitrogens with zero attached hydrogens (tertiary/aromatic N) is 3. The summed E-state index contributed by atoms with van der Waals surface area (Å²) in [6, 6.07) is 3.65. The average molecular weight is 258 g/mol. The van der Waals surface area contributed by atoms with Crippen LogP contribution < -0.4 is 10.5 Å². The highest BCUT2D eigenvalue weighted by molar-refractivity contribution is 5.29. The number of nitrogens with two attached hydrogens (primary N) is 1. The Balaban J connectivity index is 2.13.